The van der Waals surface area contributed by atoms with Crippen LogP contribution in [0.25, 0.3) is 0 Å². The van der Waals surface area contributed by atoms with E-state index in [1.165, 1.54) is 12.5 Å². The van der Waals surface area contributed by atoms with Crippen LogP contribution in [0.5, 0.6) is 0 Å². The van der Waals surface area contributed by atoms with Gasteiger partial charge in [0, 0.05) is 0 Å². The Morgan fingerprint density at radius 2 is 2.00 bits per heavy atom. The van der Waals surface area contributed by atoms with Gasteiger partial charge in [-0.25, -0.2) is 0 Å². The summed E-state index contributed by atoms with van der Waals surface area (Å²) in [5, 5.41) is 0.580. The van der Waals surface area contributed by atoms with E-state index in [-0.39, 0.29) is 0 Å². The lowest BCUT2D eigenvalue weighted by Crippen LogP contribution is -2.33. The number of ether oxygens (including phenoxy) is 2. The highest BCUT2D eigenvalue weighted by Gasteiger charge is 2.33. The average Bonchev–Trinajstić information content (AvgIpc) is 2.36. The molecule has 9 heavy (non-hydrogen) atoms. The standard InChI is InChI=1S/C5H6BrClO2/c6-3-5(4-7)8-1-2-9-5/h1-2H,3-4H2. The number of hydrogen-bond donors (Lipinski definition) is 0. The molecule has 0 radical (unpaired) electrons. The zero-order chi connectivity index (χ0) is 6.74. The van der Waals surface area contributed by atoms with Gasteiger partial charge in [-0.3, -0.25) is 0 Å². The van der Waals surface area contributed by atoms with Gasteiger partial charge in [-0.05, 0) is 0 Å². The molecule has 0 aliphatic carbocycles. The fraction of sp³-hybridized carbons (Fsp3) is 0.600. The minimum Gasteiger partial charge on any atom is -0.455 e. The largest absolute Gasteiger partial charge is 0.455 e. The van der Waals surface area contributed by atoms with Gasteiger partial charge in [0.05, 0.1) is 5.33 Å². The first kappa shape index (κ1) is 7.22. The van der Waals surface area contributed by atoms with Crippen molar-refractivity contribution >= 4 is 27.5 Å². The summed E-state index contributed by atoms with van der Waals surface area (Å²) in [5.41, 5.74) is 0. The molecular weight excluding hydrogens is 207 g/mol. The lowest BCUT2D eigenvalue weighted by Gasteiger charge is -2.21. The van der Waals surface area contributed by atoms with Crippen LogP contribution in [0.4, 0.5) is 0 Å². The Morgan fingerprint density at radius 3 is 2.22 bits per heavy atom. The summed E-state index contributed by atoms with van der Waals surface area (Å²) >= 11 is 8.76. The molecule has 0 atom stereocenters. The summed E-state index contributed by atoms with van der Waals surface area (Å²) in [5.74, 6) is -0.327. The van der Waals surface area contributed by atoms with Crippen LogP contribution in [0.1, 0.15) is 0 Å². The summed E-state index contributed by atoms with van der Waals surface area (Å²) < 4.78 is 10.1. The second-order valence-electron chi connectivity index (χ2n) is 1.69. The van der Waals surface area contributed by atoms with Gasteiger partial charge in [-0.1, -0.05) is 15.9 Å². The average molecular weight is 213 g/mol. The molecule has 0 amide bonds. The number of rotatable bonds is 2. The van der Waals surface area contributed by atoms with E-state index in [0.717, 1.165) is 0 Å². The van der Waals surface area contributed by atoms with Crippen molar-refractivity contribution in [3.8, 4) is 0 Å². The highest BCUT2D eigenvalue weighted by molar-refractivity contribution is 9.09. The van der Waals surface area contributed by atoms with E-state index in [1.807, 2.05) is 0 Å². The summed E-state index contributed by atoms with van der Waals surface area (Å²) in [6, 6.07) is 0. The SMILES string of the molecule is ClCC1(CBr)OC=CO1. The molecule has 0 unspecified atom stereocenters. The third-order valence-electron chi connectivity index (χ3n) is 1.03. The first-order chi connectivity index (χ1) is 4.33. The first-order valence-electron chi connectivity index (χ1n) is 2.45. The van der Waals surface area contributed by atoms with E-state index < -0.39 is 5.79 Å². The fourth-order valence-electron chi connectivity index (χ4n) is 0.493. The predicted molar refractivity (Wildman–Crippen MR) is 38.6 cm³/mol. The van der Waals surface area contributed by atoms with Crippen molar-refractivity contribution in [3.63, 3.8) is 0 Å². The molecule has 52 valence electrons. The second kappa shape index (κ2) is 2.80. The van der Waals surface area contributed by atoms with Crippen molar-refractivity contribution in [2.24, 2.45) is 0 Å². The maximum atomic E-state index is 5.54. The van der Waals surface area contributed by atoms with Gasteiger partial charge in [0.2, 0.25) is 0 Å². The maximum absolute atomic E-state index is 5.54. The highest BCUT2D eigenvalue weighted by Crippen LogP contribution is 2.23. The number of hydrogen-bond acceptors (Lipinski definition) is 2. The van der Waals surface area contributed by atoms with E-state index >= 15 is 0 Å². The molecule has 0 aromatic rings. The van der Waals surface area contributed by atoms with Gasteiger partial charge in [0.1, 0.15) is 18.4 Å². The van der Waals surface area contributed by atoms with Crippen LogP contribution in [0.15, 0.2) is 12.5 Å². The van der Waals surface area contributed by atoms with Gasteiger partial charge in [0.25, 0.3) is 5.79 Å². The third kappa shape index (κ3) is 1.33. The van der Waals surface area contributed by atoms with Crippen molar-refractivity contribution in [1.29, 1.82) is 0 Å². The Kier molecular flexibility index (Phi) is 2.24. The van der Waals surface area contributed by atoms with Crippen LogP contribution in [-0.4, -0.2) is 17.0 Å². The normalized spacial score (nSPS) is 21.1. The van der Waals surface area contributed by atoms with Crippen LogP contribution < -0.4 is 0 Å². The Bertz CT molecular complexity index is 112. The van der Waals surface area contributed by atoms with E-state index in [9.17, 15) is 0 Å². The molecule has 0 saturated carbocycles. The molecule has 1 heterocycles. The lowest BCUT2D eigenvalue weighted by molar-refractivity contribution is -0.0997. The van der Waals surface area contributed by atoms with Crippen LogP contribution >= 0.6 is 27.5 Å². The van der Waals surface area contributed by atoms with Gasteiger partial charge >= 0.3 is 0 Å². The molecule has 0 aromatic heterocycles. The zero-order valence-electron chi connectivity index (χ0n) is 4.64. The maximum Gasteiger partial charge on any atom is 0.273 e. The van der Waals surface area contributed by atoms with Crippen molar-refractivity contribution in [3.05, 3.63) is 12.5 Å². The minimum absolute atomic E-state index is 0.325. The van der Waals surface area contributed by atoms with Crippen molar-refractivity contribution in [2.75, 3.05) is 11.2 Å². The zero-order valence-corrected chi connectivity index (χ0v) is 6.98. The van der Waals surface area contributed by atoms with Gasteiger partial charge in [-0.2, -0.15) is 0 Å². The van der Waals surface area contributed by atoms with Crippen LogP contribution in [0, 0.1) is 0 Å². The van der Waals surface area contributed by atoms with E-state index in [0.29, 0.717) is 11.2 Å². The summed E-state index contributed by atoms with van der Waals surface area (Å²) in [7, 11) is 0. The highest BCUT2D eigenvalue weighted by atomic mass is 79.9. The Morgan fingerprint density at radius 1 is 1.44 bits per heavy atom. The molecule has 0 aromatic carbocycles. The Labute approximate surface area is 66.9 Å². The Hall–Kier alpha value is 0.110. The van der Waals surface area contributed by atoms with E-state index in [1.54, 1.807) is 0 Å². The molecule has 1 rings (SSSR count). The molecule has 0 bridgehead atoms. The monoisotopic (exact) mass is 212 g/mol. The van der Waals surface area contributed by atoms with Gasteiger partial charge in [0.15, 0.2) is 0 Å². The molecular formula is C5H6BrClO2. The minimum atomic E-state index is -0.651. The second-order valence-corrected chi connectivity index (χ2v) is 2.51. The number of alkyl halides is 2. The summed E-state index contributed by atoms with van der Waals surface area (Å²) in [4.78, 5) is 0. The summed E-state index contributed by atoms with van der Waals surface area (Å²) in [6.07, 6.45) is 2.98. The molecule has 0 N–H and O–H groups in total. The molecule has 1 aliphatic rings. The molecule has 4 heteroatoms. The van der Waals surface area contributed by atoms with E-state index in [4.69, 9.17) is 21.1 Å². The molecule has 0 fully saturated rings. The van der Waals surface area contributed by atoms with Gasteiger partial charge in [-0.15, -0.1) is 11.6 Å². The third-order valence-corrected chi connectivity index (χ3v) is 2.29. The summed E-state index contributed by atoms with van der Waals surface area (Å²) in [6.45, 7) is 0. The lowest BCUT2D eigenvalue weighted by atomic mass is 10.4. The first-order valence-corrected chi connectivity index (χ1v) is 4.11. The predicted octanol–water partition coefficient (Wildman–Crippen LogP) is 1.83. The quantitative estimate of drug-likeness (QED) is 0.652. The molecule has 0 saturated heterocycles. The smallest absolute Gasteiger partial charge is 0.273 e. The van der Waals surface area contributed by atoms with Gasteiger partial charge < -0.3 is 9.47 Å². The van der Waals surface area contributed by atoms with E-state index in [2.05, 4.69) is 15.9 Å². The van der Waals surface area contributed by atoms with Crippen LogP contribution in [0.3, 0.4) is 0 Å². The molecule has 1 aliphatic heterocycles. The fourth-order valence-corrected chi connectivity index (χ4v) is 1.40. The van der Waals surface area contributed by atoms with Crippen molar-refractivity contribution < 1.29 is 9.47 Å². The Balaban J connectivity index is 2.50. The molecule has 2 nitrogen and oxygen atoms in total. The number of halogens is 2. The topological polar surface area (TPSA) is 18.5 Å². The van der Waals surface area contributed by atoms with Crippen LogP contribution in [0.2, 0.25) is 0 Å². The van der Waals surface area contributed by atoms with Crippen molar-refractivity contribution in [2.45, 2.75) is 5.79 Å². The molecule has 0 spiro atoms. The van der Waals surface area contributed by atoms with Crippen molar-refractivity contribution in [1.82, 2.24) is 0 Å². The van der Waals surface area contributed by atoms with Crippen LogP contribution in [-0.2, 0) is 9.47 Å².